The van der Waals surface area contributed by atoms with Crippen molar-refractivity contribution in [2.24, 2.45) is 0 Å². The number of nitrogens with one attached hydrogen (secondary N) is 1. The van der Waals surface area contributed by atoms with Crippen LogP contribution >= 0.6 is 0 Å². The fourth-order valence-corrected chi connectivity index (χ4v) is 6.15. The van der Waals surface area contributed by atoms with Crippen LogP contribution in [0.1, 0.15) is 30.4 Å². The molecule has 21 heavy (non-hydrogen) atoms. The summed E-state index contributed by atoms with van der Waals surface area (Å²) in [5.41, 5.74) is 2.33. The largest absolute Gasteiger partial charge is 0.240 e. The molecule has 0 bridgehead atoms. The number of sulfone groups is 1. The third kappa shape index (κ3) is 3.30. The summed E-state index contributed by atoms with van der Waals surface area (Å²) < 4.78 is 50.1. The van der Waals surface area contributed by atoms with Crippen LogP contribution in [-0.2, 0) is 32.7 Å². The molecule has 1 unspecified atom stereocenters. The van der Waals surface area contributed by atoms with Crippen LogP contribution in [0.3, 0.4) is 0 Å². The summed E-state index contributed by atoms with van der Waals surface area (Å²) in [5, 5.41) is 0. The van der Waals surface area contributed by atoms with Crippen molar-refractivity contribution in [2.45, 2.75) is 43.0 Å². The Morgan fingerprint density at radius 3 is 2.48 bits per heavy atom. The average Bonchev–Trinajstić information content (AvgIpc) is 2.76. The molecule has 1 aliphatic heterocycles. The van der Waals surface area contributed by atoms with Crippen molar-refractivity contribution in [3.8, 4) is 0 Å². The van der Waals surface area contributed by atoms with Gasteiger partial charge >= 0.3 is 0 Å². The maximum absolute atomic E-state index is 12.4. The van der Waals surface area contributed by atoms with E-state index in [0.717, 1.165) is 31.2 Å². The third-order valence-corrected chi connectivity index (χ3v) is 7.47. The highest BCUT2D eigenvalue weighted by Crippen LogP contribution is 2.24. The van der Waals surface area contributed by atoms with E-state index in [0.29, 0.717) is 6.42 Å². The summed E-state index contributed by atoms with van der Waals surface area (Å²) >= 11 is 0. The predicted octanol–water partition coefficient (Wildman–Crippen LogP) is 1.03. The number of hydrogen-bond acceptors (Lipinski definition) is 4. The Bertz CT molecular complexity index is 753. The van der Waals surface area contributed by atoms with Crippen LogP contribution in [0, 0.1) is 0 Å². The van der Waals surface area contributed by atoms with Crippen molar-refractivity contribution in [3.05, 3.63) is 29.3 Å². The smallest absolute Gasteiger partial charge is 0.229 e. The Morgan fingerprint density at radius 1 is 1.10 bits per heavy atom. The molecule has 1 aromatic rings. The normalized spacial score (nSPS) is 24.7. The molecule has 0 aromatic heterocycles. The van der Waals surface area contributed by atoms with Gasteiger partial charge in [0.15, 0.2) is 9.84 Å². The minimum atomic E-state index is -3.64. The standard InChI is InChI=1S/C14H19NO4S2/c16-20(17)8-7-13(10-20)15-21(18,19)14-6-5-11-3-1-2-4-12(11)9-14/h5-6,9,13,15H,1-4,7-8,10H2. The van der Waals surface area contributed by atoms with Gasteiger partial charge in [-0.15, -0.1) is 0 Å². The van der Waals surface area contributed by atoms with Gasteiger partial charge in [0, 0.05) is 6.04 Å². The average molecular weight is 329 g/mol. The number of rotatable bonds is 3. The van der Waals surface area contributed by atoms with Crippen molar-refractivity contribution in [3.63, 3.8) is 0 Å². The molecule has 5 nitrogen and oxygen atoms in total. The van der Waals surface area contributed by atoms with Gasteiger partial charge in [-0.2, -0.15) is 0 Å². The Hall–Kier alpha value is -0.920. The third-order valence-electron chi connectivity index (χ3n) is 4.18. The highest BCUT2D eigenvalue weighted by molar-refractivity contribution is 7.92. The van der Waals surface area contributed by atoms with E-state index in [9.17, 15) is 16.8 Å². The van der Waals surface area contributed by atoms with E-state index >= 15 is 0 Å². The first kappa shape index (κ1) is 15.0. The van der Waals surface area contributed by atoms with Crippen LogP contribution in [0.4, 0.5) is 0 Å². The molecule has 1 N–H and O–H groups in total. The van der Waals surface area contributed by atoms with Gasteiger partial charge in [0.05, 0.1) is 16.4 Å². The molecule has 1 saturated heterocycles. The molecule has 116 valence electrons. The Morgan fingerprint density at radius 2 is 1.81 bits per heavy atom. The zero-order valence-corrected chi connectivity index (χ0v) is 13.3. The minimum Gasteiger partial charge on any atom is -0.229 e. The van der Waals surface area contributed by atoms with Gasteiger partial charge in [-0.05, 0) is 55.4 Å². The molecule has 0 radical (unpaired) electrons. The molecule has 1 aromatic carbocycles. The quantitative estimate of drug-likeness (QED) is 0.898. The second kappa shape index (κ2) is 5.37. The van der Waals surface area contributed by atoms with Gasteiger partial charge in [0.25, 0.3) is 0 Å². The maximum Gasteiger partial charge on any atom is 0.240 e. The fourth-order valence-electron chi connectivity index (χ4n) is 3.05. The van der Waals surface area contributed by atoms with E-state index in [1.165, 1.54) is 5.56 Å². The Balaban J connectivity index is 1.82. The van der Waals surface area contributed by atoms with Crippen LogP contribution in [0.25, 0.3) is 0 Å². The lowest BCUT2D eigenvalue weighted by Gasteiger charge is -2.17. The van der Waals surface area contributed by atoms with E-state index < -0.39 is 25.9 Å². The SMILES string of the molecule is O=S1(=O)CCC(NS(=O)(=O)c2ccc3c(c2)CCCC3)C1. The number of aryl methyl sites for hydroxylation is 2. The van der Waals surface area contributed by atoms with Crippen LogP contribution in [-0.4, -0.2) is 34.4 Å². The van der Waals surface area contributed by atoms with E-state index in [2.05, 4.69) is 4.72 Å². The molecule has 2 aliphatic rings. The Kier molecular flexibility index (Phi) is 3.83. The lowest BCUT2D eigenvalue weighted by molar-refractivity contribution is 0.562. The molecule has 3 rings (SSSR count). The summed E-state index contributed by atoms with van der Waals surface area (Å²) in [4.78, 5) is 0.243. The molecular weight excluding hydrogens is 310 g/mol. The molecule has 1 atom stereocenters. The van der Waals surface area contributed by atoms with Crippen molar-refractivity contribution in [1.29, 1.82) is 0 Å². The monoisotopic (exact) mass is 329 g/mol. The molecule has 7 heteroatoms. The second-order valence-electron chi connectivity index (χ2n) is 5.86. The molecule has 0 amide bonds. The van der Waals surface area contributed by atoms with Gasteiger partial charge in [-0.3, -0.25) is 0 Å². The summed E-state index contributed by atoms with van der Waals surface area (Å²) in [7, 11) is -6.73. The first-order valence-corrected chi connectivity index (χ1v) is 10.5. The van der Waals surface area contributed by atoms with E-state index in [4.69, 9.17) is 0 Å². The predicted molar refractivity (Wildman–Crippen MR) is 80.5 cm³/mol. The zero-order valence-electron chi connectivity index (χ0n) is 11.7. The maximum atomic E-state index is 12.4. The van der Waals surface area contributed by atoms with Gasteiger partial charge < -0.3 is 0 Å². The van der Waals surface area contributed by atoms with Crippen molar-refractivity contribution >= 4 is 19.9 Å². The second-order valence-corrected chi connectivity index (χ2v) is 9.80. The van der Waals surface area contributed by atoms with Crippen LogP contribution in [0.5, 0.6) is 0 Å². The van der Waals surface area contributed by atoms with Crippen LogP contribution < -0.4 is 4.72 Å². The number of benzene rings is 1. The summed E-state index contributed by atoms with van der Waals surface area (Å²) in [6.45, 7) is 0. The molecule has 0 saturated carbocycles. The molecular formula is C14H19NO4S2. The van der Waals surface area contributed by atoms with Gasteiger partial charge in [-0.25, -0.2) is 21.6 Å². The number of hydrogen-bond donors (Lipinski definition) is 1. The first-order valence-electron chi connectivity index (χ1n) is 7.20. The highest BCUT2D eigenvalue weighted by Gasteiger charge is 2.31. The van der Waals surface area contributed by atoms with Crippen molar-refractivity contribution < 1.29 is 16.8 Å². The summed E-state index contributed by atoms with van der Waals surface area (Å²) in [6, 6.07) is 4.74. The molecule has 1 fully saturated rings. The minimum absolute atomic E-state index is 0.0599. The van der Waals surface area contributed by atoms with Gasteiger partial charge in [0.2, 0.25) is 10.0 Å². The van der Waals surface area contributed by atoms with Crippen molar-refractivity contribution in [2.75, 3.05) is 11.5 Å². The lowest BCUT2D eigenvalue weighted by atomic mass is 9.92. The van der Waals surface area contributed by atoms with Crippen LogP contribution in [0.2, 0.25) is 0 Å². The van der Waals surface area contributed by atoms with Crippen molar-refractivity contribution in [1.82, 2.24) is 4.72 Å². The van der Waals surface area contributed by atoms with Gasteiger partial charge in [-0.1, -0.05) is 6.07 Å². The van der Waals surface area contributed by atoms with Crippen LogP contribution in [0.15, 0.2) is 23.1 Å². The Labute approximate surface area is 125 Å². The van der Waals surface area contributed by atoms with E-state index in [-0.39, 0.29) is 16.4 Å². The number of sulfonamides is 1. The first-order chi connectivity index (χ1) is 9.86. The zero-order chi connectivity index (χ0) is 15.1. The fraction of sp³-hybridized carbons (Fsp3) is 0.571. The van der Waals surface area contributed by atoms with Gasteiger partial charge in [0.1, 0.15) is 0 Å². The van der Waals surface area contributed by atoms with E-state index in [1.54, 1.807) is 12.1 Å². The number of fused-ring (bicyclic) bond motifs is 1. The molecule has 1 aliphatic carbocycles. The van der Waals surface area contributed by atoms with E-state index in [1.807, 2.05) is 6.07 Å². The summed E-state index contributed by atoms with van der Waals surface area (Å²) in [5.74, 6) is -0.0401. The molecule has 0 spiro atoms. The summed E-state index contributed by atoms with van der Waals surface area (Å²) in [6.07, 6.45) is 4.51. The highest BCUT2D eigenvalue weighted by atomic mass is 32.2. The molecule has 1 heterocycles. The lowest BCUT2D eigenvalue weighted by Crippen LogP contribution is -2.35. The topological polar surface area (TPSA) is 80.3 Å².